The Balaban J connectivity index is 1.69. The number of allylic oxidation sites excluding steroid dienone is 2. The summed E-state index contributed by atoms with van der Waals surface area (Å²) in [6.07, 6.45) is 7.14. The van der Waals surface area contributed by atoms with Crippen molar-refractivity contribution in [2.75, 3.05) is 4.90 Å². The molecule has 0 atom stereocenters. The number of para-hydroxylation sites is 1. The smallest absolute Gasteiger partial charge is 0.318 e. The van der Waals surface area contributed by atoms with Crippen LogP contribution in [0.25, 0.3) is 10.8 Å². The summed E-state index contributed by atoms with van der Waals surface area (Å²) in [5.41, 5.74) is 3.32. The molecule has 0 aliphatic rings. The van der Waals surface area contributed by atoms with Crippen LogP contribution in [0, 0.1) is 0 Å². The molecule has 4 aromatic carbocycles. The van der Waals surface area contributed by atoms with Crippen molar-refractivity contribution in [3.05, 3.63) is 120 Å². The molecule has 0 heterocycles. The number of ketones is 1. The zero-order chi connectivity index (χ0) is 29.0. The van der Waals surface area contributed by atoms with E-state index in [2.05, 4.69) is 71.0 Å². The first-order chi connectivity index (χ1) is 20.0. The number of carbonyl (C=O) groups is 2. The van der Waals surface area contributed by atoms with Crippen LogP contribution in [0.3, 0.4) is 0 Å². The van der Waals surface area contributed by atoms with Gasteiger partial charge in [-0.2, -0.15) is 0 Å². The van der Waals surface area contributed by atoms with Crippen LogP contribution in [0.4, 0.5) is 17.1 Å². The lowest BCUT2D eigenvalue weighted by molar-refractivity contribution is -0.143. The molecule has 0 bridgehead atoms. The minimum absolute atomic E-state index is 0.255. The highest BCUT2D eigenvalue weighted by molar-refractivity contribution is 8.03. The summed E-state index contributed by atoms with van der Waals surface area (Å²) >= 11 is 1.67. The van der Waals surface area contributed by atoms with Crippen molar-refractivity contribution in [1.29, 1.82) is 0 Å². The Hall–Kier alpha value is -4.75. The van der Waals surface area contributed by atoms with Gasteiger partial charge in [0.05, 0.1) is 5.69 Å². The zero-order valence-corrected chi connectivity index (χ0v) is 23.9. The molecule has 0 unspecified atom stereocenters. The third-order valence-electron chi connectivity index (χ3n) is 6.05. The largest absolute Gasteiger partial charge is 0.335 e. The zero-order valence-electron chi connectivity index (χ0n) is 23.1. The summed E-state index contributed by atoms with van der Waals surface area (Å²) in [6, 6.07) is 30.1. The van der Waals surface area contributed by atoms with E-state index < -0.39 is 5.97 Å². The molecule has 0 aliphatic carbocycles. The number of hydrogen-bond donors (Lipinski definition) is 0. The molecule has 206 valence electrons. The van der Waals surface area contributed by atoms with Gasteiger partial charge >= 0.3 is 5.97 Å². The Morgan fingerprint density at radius 1 is 0.951 bits per heavy atom. The number of rotatable bonds is 12. The average Bonchev–Trinajstić information content (AvgIpc) is 2.98. The molecule has 6 nitrogen and oxygen atoms in total. The molecule has 0 saturated heterocycles. The van der Waals surface area contributed by atoms with E-state index >= 15 is 0 Å². The fourth-order valence-corrected chi connectivity index (χ4v) is 4.97. The standard InChI is InChI=1S/C34H31N3O3S/c1-4-10-34(39)40-36-24-33(38)27-15-18-29(19-16-27)37(28-12-7-6-8-13-28)32-14-9-11-26-17-20-30(23-31(26)32)41-25(3)21-22-35-5-2/h5-9,11-24H,2,4,10H2,1,3H3/b25-21+,35-22?,36-24+. The molecule has 0 saturated carbocycles. The summed E-state index contributed by atoms with van der Waals surface area (Å²) in [6.45, 7) is 7.53. The van der Waals surface area contributed by atoms with E-state index in [1.165, 1.54) is 6.20 Å². The fourth-order valence-electron chi connectivity index (χ4n) is 4.16. The van der Waals surface area contributed by atoms with Crippen LogP contribution in [0.15, 0.2) is 130 Å². The summed E-state index contributed by atoms with van der Waals surface area (Å²) in [5.74, 6) is -0.810. The normalized spacial score (nSPS) is 11.7. The molecule has 0 N–H and O–H groups in total. The number of anilines is 3. The lowest BCUT2D eigenvalue weighted by Gasteiger charge is -2.27. The van der Waals surface area contributed by atoms with E-state index in [0.29, 0.717) is 12.0 Å². The van der Waals surface area contributed by atoms with Crippen LogP contribution in [0.1, 0.15) is 37.0 Å². The number of hydrogen-bond acceptors (Lipinski definition) is 7. The molecule has 0 aromatic heterocycles. The van der Waals surface area contributed by atoms with Crippen LogP contribution < -0.4 is 4.90 Å². The third kappa shape index (κ3) is 7.90. The molecule has 4 rings (SSSR count). The van der Waals surface area contributed by atoms with Gasteiger partial charge in [0.2, 0.25) is 5.78 Å². The number of nitrogens with zero attached hydrogens (tertiary/aromatic N) is 3. The maximum Gasteiger partial charge on any atom is 0.335 e. The predicted molar refractivity (Wildman–Crippen MR) is 171 cm³/mol. The maximum atomic E-state index is 12.6. The topological polar surface area (TPSA) is 71.3 Å². The predicted octanol–water partition coefficient (Wildman–Crippen LogP) is 9.03. The molecule has 0 radical (unpaired) electrons. The number of Topliss-reactive ketones (excluding diaryl/α,β-unsaturated/α-hetero) is 1. The molecule has 41 heavy (non-hydrogen) atoms. The molecule has 7 heteroatoms. The number of oxime groups is 1. The number of carbonyl (C=O) groups excluding carboxylic acids is 2. The first kappa shape index (κ1) is 29.2. The van der Waals surface area contributed by atoms with Gasteiger partial charge < -0.3 is 9.74 Å². The fraction of sp³-hybridized carbons (Fsp3) is 0.118. The van der Waals surface area contributed by atoms with Crippen LogP contribution in [-0.4, -0.2) is 24.2 Å². The van der Waals surface area contributed by atoms with Crippen molar-refractivity contribution in [3.8, 4) is 0 Å². The van der Waals surface area contributed by atoms with Crippen LogP contribution >= 0.6 is 11.8 Å². The first-order valence-electron chi connectivity index (χ1n) is 13.2. The Kier molecular flexibility index (Phi) is 10.4. The Morgan fingerprint density at radius 3 is 2.44 bits per heavy atom. The molecule has 0 fully saturated rings. The van der Waals surface area contributed by atoms with E-state index in [1.807, 2.05) is 49.4 Å². The lowest BCUT2D eigenvalue weighted by Crippen LogP contribution is -2.11. The molecule has 0 aliphatic heterocycles. The van der Waals surface area contributed by atoms with Gasteiger partial charge in [-0.15, -0.1) is 0 Å². The second kappa shape index (κ2) is 14.6. The second-order valence-electron chi connectivity index (χ2n) is 9.05. The van der Waals surface area contributed by atoms with Crippen LogP contribution in [0.5, 0.6) is 0 Å². The highest BCUT2D eigenvalue weighted by Crippen LogP contribution is 2.40. The first-order valence-corrected chi connectivity index (χ1v) is 14.1. The third-order valence-corrected chi connectivity index (χ3v) is 7.00. The van der Waals surface area contributed by atoms with E-state index in [0.717, 1.165) is 43.8 Å². The monoisotopic (exact) mass is 561 g/mol. The average molecular weight is 562 g/mol. The molecule has 0 amide bonds. The van der Waals surface area contributed by atoms with Gasteiger partial charge in [0.25, 0.3) is 0 Å². The number of thioether (sulfide) groups is 1. The van der Waals surface area contributed by atoms with Gasteiger partial charge in [-0.05, 0) is 84.3 Å². The number of fused-ring (bicyclic) bond motifs is 1. The molecular formula is C34H31N3O3S. The van der Waals surface area contributed by atoms with Gasteiger partial charge in [0.1, 0.15) is 6.21 Å². The molecule has 0 spiro atoms. The Morgan fingerprint density at radius 2 is 1.71 bits per heavy atom. The van der Waals surface area contributed by atoms with Crippen LogP contribution in [-0.2, 0) is 9.63 Å². The van der Waals surface area contributed by atoms with Gasteiger partial charge in [-0.1, -0.05) is 66.8 Å². The minimum atomic E-state index is -0.463. The lowest BCUT2D eigenvalue weighted by atomic mass is 10.1. The second-order valence-corrected chi connectivity index (χ2v) is 10.4. The van der Waals surface area contributed by atoms with E-state index in [9.17, 15) is 9.59 Å². The van der Waals surface area contributed by atoms with Gasteiger partial charge in [0, 0.05) is 46.1 Å². The van der Waals surface area contributed by atoms with Crippen molar-refractivity contribution in [1.82, 2.24) is 0 Å². The van der Waals surface area contributed by atoms with Crippen molar-refractivity contribution < 1.29 is 14.4 Å². The minimum Gasteiger partial charge on any atom is -0.318 e. The Bertz CT molecular complexity index is 1610. The highest BCUT2D eigenvalue weighted by atomic mass is 32.2. The van der Waals surface area contributed by atoms with Crippen LogP contribution in [0.2, 0.25) is 0 Å². The van der Waals surface area contributed by atoms with Gasteiger partial charge in [0.15, 0.2) is 0 Å². The SMILES string of the molecule is C=CN=C/C=C(\C)Sc1ccc2cccc(N(c3ccccc3)c3ccc(C(=O)/C=N/OC(=O)CCC)cc3)c2c1. The number of aliphatic imine (C=N–C) groups is 1. The van der Waals surface area contributed by atoms with E-state index in [-0.39, 0.29) is 12.2 Å². The summed E-state index contributed by atoms with van der Waals surface area (Å²) in [7, 11) is 0. The molecular weight excluding hydrogens is 530 g/mol. The summed E-state index contributed by atoms with van der Waals surface area (Å²) in [5, 5.41) is 5.76. The molecule has 4 aromatic rings. The van der Waals surface area contributed by atoms with Crippen molar-refractivity contribution in [2.24, 2.45) is 10.1 Å². The summed E-state index contributed by atoms with van der Waals surface area (Å²) in [4.78, 5) is 37.3. The Labute approximate surface area is 244 Å². The van der Waals surface area contributed by atoms with Crippen molar-refractivity contribution in [3.63, 3.8) is 0 Å². The maximum absolute atomic E-state index is 12.6. The van der Waals surface area contributed by atoms with Gasteiger partial charge in [-0.3, -0.25) is 9.79 Å². The number of benzene rings is 4. The quantitative estimate of drug-likeness (QED) is 0.0567. The van der Waals surface area contributed by atoms with Crippen molar-refractivity contribution in [2.45, 2.75) is 31.6 Å². The highest BCUT2D eigenvalue weighted by Gasteiger charge is 2.16. The van der Waals surface area contributed by atoms with Crippen molar-refractivity contribution >= 4 is 63.8 Å². The summed E-state index contributed by atoms with van der Waals surface area (Å²) < 4.78 is 0. The van der Waals surface area contributed by atoms with Gasteiger partial charge in [-0.25, -0.2) is 4.79 Å². The van der Waals surface area contributed by atoms with E-state index in [1.54, 1.807) is 30.1 Å². The van der Waals surface area contributed by atoms with E-state index in [4.69, 9.17) is 4.84 Å².